The predicted octanol–water partition coefficient (Wildman–Crippen LogP) is 1.48. The molecule has 118 valence electrons. The third-order valence-corrected chi connectivity index (χ3v) is 5.26. The Bertz CT molecular complexity index is 644. The quantitative estimate of drug-likeness (QED) is 0.760. The van der Waals surface area contributed by atoms with Crippen molar-refractivity contribution in [3.8, 4) is 0 Å². The summed E-state index contributed by atoms with van der Waals surface area (Å²) in [4.78, 5) is 11.8. The monoisotopic (exact) mass is 377 g/mol. The van der Waals surface area contributed by atoms with Crippen LogP contribution in [0.15, 0.2) is 21.5 Å². The second-order valence-corrected chi connectivity index (χ2v) is 8.03. The number of carbonyl (C=O) groups excluding carboxylic acids is 1. The molecule has 0 fully saturated rings. The van der Waals surface area contributed by atoms with E-state index in [1.165, 1.54) is 13.1 Å². The number of nitrogen functional groups attached to an aromatic ring is 1. The van der Waals surface area contributed by atoms with Gasteiger partial charge in [-0.3, -0.25) is 4.79 Å². The minimum atomic E-state index is -3.78. The standard InChI is InChI=1S/C13H20BrN3O3S/c1-8(2)16-13(18)7-17(4)21(19,20)12-6-10(14)5-11(15)9(12)3/h5-6,8H,7,15H2,1-4H3,(H,16,18). The first-order valence-corrected chi connectivity index (χ1v) is 8.60. The molecule has 0 aliphatic carbocycles. The molecule has 0 spiro atoms. The SMILES string of the molecule is Cc1c(N)cc(Br)cc1S(=O)(=O)N(C)CC(=O)NC(C)C. The largest absolute Gasteiger partial charge is 0.398 e. The first-order valence-electron chi connectivity index (χ1n) is 6.37. The van der Waals surface area contributed by atoms with Gasteiger partial charge in [0.25, 0.3) is 0 Å². The van der Waals surface area contributed by atoms with Gasteiger partial charge in [0, 0.05) is 23.2 Å². The summed E-state index contributed by atoms with van der Waals surface area (Å²) in [5.41, 5.74) is 6.64. The summed E-state index contributed by atoms with van der Waals surface area (Å²) in [5, 5.41) is 2.66. The van der Waals surface area contributed by atoms with E-state index in [4.69, 9.17) is 5.73 Å². The fourth-order valence-corrected chi connectivity index (χ4v) is 3.80. The van der Waals surface area contributed by atoms with Gasteiger partial charge in [-0.1, -0.05) is 15.9 Å². The maximum absolute atomic E-state index is 12.5. The van der Waals surface area contributed by atoms with Crippen LogP contribution in [0.2, 0.25) is 0 Å². The molecule has 1 aromatic carbocycles. The molecule has 1 amide bonds. The topological polar surface area (TPSA) is 92.5 Å². The molecule has 0 heterocycles. The van der Waals surface area contributed by atoms with Gasteiger partial charge in [-0.2, -0.15) is 4.31 Å². The molecule has 0 saturated heterocycles. The molecule has 6 nitrogen and oxygen atoms in total. The third kappa shape index (κ3) is 4.42. The molecule has 0 bridgehead atoms. The van der Waals surface area contributed by atoms with E-state index in [9.17, 15) is 13.2 Å². The lowest BCUT2D eigenvalue weighted by atomic mass is 10.2. The molecule has 3 N–H and O–H groups in total. The van der Waals surface area contributed by atoms with Gasteiger partial charge in [0.2, 0.25) is 15.9 Å². The minimum Gasteiger partial charge on any atom is -0.398 e. The van der Waals surface area contributed by atoms with E-state index in [0.717, 1.165) is 4.31 Å². The summed E-state index contributed by atoms with van der Waals surface area (Å²) in [6.07, 6.45) is 0. The molecule has 0 unspecified atom stereocenters. The maximum atomic E-state index is 12.5. The number of hydrogen-bond donors (Lipinski definition) is 2. The normalized spacial score (nSPS) is 12.0. The Morgan fingerprint density at radius 2 is 2.00 bits per heavy atom. The number of nitrogens with one attached hydrogen (secondary N) is 1. The van der Waals surface area contributed by atoms with Crippen molar-refractivity contribution in [3.05, 3.63) is 22.2 Å². The van der Waals surface area contributed by atoms with Crippen molar-refractivity contribution < 1.29 is 13.2 Å². The van der Waals surface area contributed by atoms with E-state index >= 15 is 0 Å². The highest BCUT2D eigenvalue weighted by Gasteiger charge is 2.26. The van der Waals surface area contributed by atoms with Crippen molar-refractivity contribution >= 4 is 37.5 Å². The molecule has 1 rings (SSSR count). The fraction of sp³-hybridized carbons (Fsp3) is 0.462. The Morgan fingerprint density at radius 3 is 2.52 bits per heavy atom. The van der Waals surface area contributed by atoms with Crippen LogP contribution < -0.4 is 11.1 Å². The number of benzene rings is 1. The smallest absolute Gasteiger partial charge is 0.243 e. The molecule has 0 aromatic heterocycles. The molecule has 0 atom stereocenters. The number of carbonyl (C=O) groups is 1. The van der Waals surface area contributed by atoms with E-state index in [1.54, 1.807) is 13.0 Å². The Kier molecular flexibility index (Phi) is 5.77. The van der Waals surface area contributed by atoms with Gasteiger partial charge < -0.3 is 11.1 Å². The average molecular weight is 378 g/mol. The Morgan fingerprint density at radius 1 is 1.43 bits per heavy atom. The number of amides is 1. The molecular formula is C13H20BrN3O3S. The van der Waals surface area contributed by atoms with Crippen LogP contribution >= 0.6 is 15.9 Å². The van der Waals surface area contributed by atoms with Crippen molar-refractivity contribution in [2.24, 2.45) is 0 Å². The summed E-state index contributed by atoms with van der Waals surface area (Å²) in [6.45, 7) is 5.01. The van der Waals surface area contributed by atoms with Crippen LogP contribution in [-0.2, 0) is 14.8 Å². The molecule has 8 heteroatoms. The van der Waals surface area contributed by atoms with Crippen LogP contribution in [0.4, 0.5) is 5.69 Å². The van der Waals surface area contributed by atoms with E-state index in [2.05, 4.69) is 21.2 Å². The number of anilines is 1. The zero-order chi connectivity index (χ0) is 16.4. The summed E-state index contributed by atoms with van der Waals surface area (Å²) >= 11 is 3.23. The first-order chi connectivity index (χ1) is 9.55. The van der Waals surface area contributed by atoms with Gasteiger partial charge in [-0.15, -0.1) is 0 Å². The Hall–Kier alpha value is -1.12. The lowest BCUT2D eigenvalue weighted by Crippen LogP contribution is -2.41. The van der Waals surface area contributed by atoms with E-state index < -0.39 is 10.0 Å². The van der Waals surface area contributed by atoms with Crippen LogP contribution in [0.5, 0.6) is 0 Å². The van der Waals surface area contributed by atoms with Gasteiger partial charge >= 0.3 is 0 Å². The van der Waals surface area contributed by atoms with Gasteiger partial charge in [-0.25, -0.2) is 8.42 Å². The highest BCUT2D eigenvalue weighted by atomic mass is 79.9. The number of hydrogen-bond acceptors (Lipinski definition) is 4. The van der Waals surface area contributed by atoms with Crippen LogP contribution in [0.1, 0.15) is 19.4 Å². The van der Waals surface area contributed by atoms with Crippen molar-refractivity contribution in [1.82, 2.24) is 9.62 Å². The molecule has 0 saturated carbocycles. The van der Waals surface area contributed by atoms with Crippen molar-refractivity contribution in [2.45, 2.75) is 31.7 Å². The van der Waals surface area contributed by atoms with Gasteiger partial charge in [0.1, 0.15) is 0 Å². The summed E-state index contributed by atoms with van der Waals surface area (Å²) in [7, 11) is -2.42. The van der Waals surface area contributed by atoms with E-state index in [-0.39, 0.29) is 23.4 Å². The number of rotatable bonds is 5. The van der Waals surface area contributed by atoms with Crippen molar-refractivity contribution in [3.63, 3.8) is 0 Å². The van der Waals surface area contributed by atoms with Gasteiger partial charge in [0.15, 0.2) is 0 Å². The number of halogens is 1. The number of nitrogens with zero attached hydrogens (tertiary/aromatic N) is 1. The van der Waals surface area contributed by atoms with Crippen LogP contribution in [0.3, 0.4) is 0 Å². The lowest BCUT2D eigenvalue weighted by molar-refractivity contribution is -0.121. The minimum absolute atomic E-state index is 0.0446. The van der Waals surface area contributed by atoms with Gasteiger partial charge in [-0.05, 0) is 38.5 Å². The second kappa shape index (κ2) is 6.76. The molecule has 0 aliphatic rings. The Labute approximate surface area is 133 Å². The molecule has 21 heavy (non-hydrogen) atoms. The molecule has 0 radical (unpaired) electrons. The molecular weight excluding hydrogens is 358 g/mol. The van der Waals surface area contributed by atoms with Crippen LogP contribution in [0.25, 0.3) is 0 Å². The van der Waals surface area contributed by atoms with E-state index in [1.807, 2.05) is 13.8 Å². The molecule has 1 aromatic rings. The molecule has 0 aliphatic heterocycles. The summed E-state index contributed by atoms with van der Waals surface area (Å²) < 4.78 is 26.7. The third-order valence-electron chi connectivity index (χ3n) is 2.87. The highest BCUT2D eigenvalue weighted by molar-refractivity contribution is 9.10. The number of nitrogens with two attached hydrogens (primary N) is 1. The maximum Gasteiger partial charge on any atom is 0.243 e. The lowest BCUT2D eigenvalue weighted by Gasteiger charge is -2.19. The van der Waals surface area contributed by atoms with Crippen molar-refractivity contribution in [2.75, 3.05) is 19.3 Å². The fourth-order valence-electron chi connectivity index (χ4n) is 1.76. The summed E-state index contributed by atoms with van der Waals surface area (Å²) in [6, 6.07) is 3.08. The van der Waals surface area contributed by atoms with E-state index in [0.29, 0.717) is 15.7 Å². The van der Waals surface area contributed by atoms with Crippen LogP contribution in [0, 0.1) is 6.92 Å². The highest BCUT2D eigenvalue weighted by Crippen LogP contribution is 2.27. The second-order valence-electron chi connectivity index (χ2n) is 5.10. The number of sulfonamides is 1. The first kappa shape index (κ1) is 17.9. The number of likely N-dealkylation sites (N-methyl/N-ethyl adjacent to an activating group) is 1. The predicted molar refractivity (Wildman–Crippen MR) is 86.4 cm³/mol. The zero-order valence-corrected chi connectivity index (χ0v) is 14.9. The average Bonchev–Trinajstić information content (AvgIpc) is 2.32. The van der Waals surface area contributed by atoms with Crippen molar-refractivity contribution in [1.29, 1.82) is 0 Å². The van der Waals surface area contributed by atoms with Crippen LogP contribution in [-0.4, -0.2) is 38.3 Å². The Balaban J connectivity index is 3.09. The zero-order valence-electron chi connectivity index (χ0n) is 12.5. The van der Waals surface area contributed by atoms with Gasteiger partial charge in [0.05, 0.1) is 11.4 Å². The summed E-state index contributed by atoms with van der Waals surface area (Å²) in [5.74, 6) is -0.350.